The minimum absolute atomic E-state index is 0.270. The highest BCUT2D eigenvalue weighted by Crippen LogP contribution is 2.37. The maximum atomic E-state index is 13.0. The maximum absolute atomic E-state index is 13.0. The molecule has 120 valence electrons. The molecule has 1 N–H and O–H groups in total. The fourth-order valence-corrected chi connectivity index (χ4v) is 2.25. The van der Waals surface area contributed by atoms with Crippen LogP contribution in [0.3, 0.4) is 0 Å². The molecule has 1 aliphatic rings. The summed E-state index contributed by atoms with van der Waals surface area (Å²) in [5.41, 5.74) is 0.392. The Hall–Kier alpha value is -2.47. The molecule has 1 aliphatic heterocycles. The molecule has 1 amide bonds. The molecule has 7 heteroatoms. The fraction of sp³-hybridized carbons (Fsp3) is 0.188. The van der Waals surface area contributed by atoms with Crippen LogP contribution in [0.2, 0.25) is 5.02 Å². The quantitative estimate of drug-likeness (QED) is 0.930. The number of halogens is 2. The lowest BCUT2D eigenvalue weighted by atomic mass is 10.2. The van der Waals surface area contributed by atoms with Crippen LogP contribution in [0.15, 0.2) is 36.4 Å². The van der Waals surface area contributed by atoms with Crippen molar-refractivity contribution in [1.82, 2.24) is 0 Å². The van der Waals surface area contributed by atoms with E-state index in [4.69, 9.17) is 25.8 Å². The molecule has 5 nitrogen and oxygen atoms in total. The van der Waals surface area contributed by atoms with Crippen molar-refractivity contribution in [3.05, 3.63) is 47.2 Å². The molecule has 0 aliphatic carbocycles. The lowest BCUT2D eigenvalue weighted by Crippen LogP contribution is -2.21. The molecule has 2 aromatic carbocycles. The number of amides is 1. The molecular formula is C16H13ClFNO4. The van der Waals surface area contributed by atoms with Crippen LogP contribution >= 0.6 is 11.6 Å². The zero-order valence-corrected chi connectivity index (χ0v) is 12.7. The van der Waals surface area contributed by atoms with Gasteiger partial charge < -0.3 is 19.5 Å². The number of hydrogen-bond acceptors (Lipinski definition) is 4. The summed E-state index contributed by atoms with van der Waals surface area (Å²) in [7, 11) is 0. The van der Waals surface area contributed by atoms with E-state index in [2.05, 4.69) is 5.32 Å². The number of benzene rings is 2. The number of rotatable bonds is 4. The predicted molar refractivity (Wildman–Crippen MR) is 83.0 cm³/mol. The number of ether oxygens (including phenoxy) is 3. The van der Waals surface area contributed by atoms with E-state index in [1.165, 1.54) is 18.2 Å². The highest BCUT2D eigenvalue weighted by Gasteiger charge is 2.16. The highest BCUT2D eigenvalue weighted by atomic mass is 35.5. The van der Waals surface area contributed by atoms with Gasteiger partial charge in [0.2, 0.25) is 0 Å². The predicted octanol–water partition coefficient (Wildman–Crippen LogP) is 3.27. The first-order valence-electron chi connectivity index (χ1n) is 6.89. The Balaban J connectivity index is 1.63. The third kappa shape index (κ3) is 3.84. The normalized spacial score (nSPS) is 12.6. The first kappa shape index (κ1) is 15.4. The van der Waals surface area contributed by atoms with Gasteiger partial charge >= 0.3 is 0 Å². The third-order valence-electron chi connectivity index (χ3n) is 3.07. The maximum Gasteiger partial charge on any atom is 0.262 e. The van der Waals surface area contributed by atoms with E-state index in [0.717, 1.165) is 0 Å². The van der Waals surface area contributed by atoms with Crippen molar-refractivity contribution < 1.29 is 23.4 Å². The average molecular weight is 338 g/mol. The van der Waals surface area contributed by atoms with Crippen LogP contribution in [-0.4, -0.2) is 25.7 Å². The molecule has 0 bridgehead atoms. The Kier molecular flexibility index (Phi) is 4.52. The minimum Gasteiger partial charge on any atom is -0.486 e. The van der Waals surface area contributed by atoms with Crippen LogP contribution < -0.4 is 19.5 Å². The Bertz CT molecular complexity index is 738. The van der Waals surface area contributed by atoms with E-state index in [1.54, 1.807) is 18.2 Å². The summed E-state index contributed by atoms with van der Waals surface area (Å²) in [5, 5.41) is 2.95. The first-order chi connectivity index (χ1) is 11.1. The molecule has 2 aromatic rings. The molecule has 0 aromatic heterocycles. The number of nitrogens with one attached hydrogen (secondary N) is 1. The van der Waals surface area contributed by atoms with Crippen molar-refractivity contribution in [3.8, 4) is 17.2 Å². The van der Waals surface area contributed by atoms with Gasteiger partial charge in [-0.2, -0.15) is 0 Å². The molecule has 0 unspecified atom stereocenters. The van der Waals surface area contributed by atoms with Crippen molar-refractivity contribution in [2.24, 2.45) is 0 Å². The van der Waals surface area contributed by atoms with Crippen molar-refractivity contribution in [2.75, 3.05) is 25.1 Å². The Morgan fingerprint density at radius 1 is 1.22 bits per heavy atom. The molecular weight excluding hydrogens is 325 g/mol. The first-order valence-corrected chi connectivity index (χ1v) is 7.27. The summed E-state index contributed by atoms with van der Waals surface area (Å²) < 4.78 is 29.1. The van der Waals surface area contributed by atoms with Crippen LogP contribution in [0.1, 0.15) is 0 Å². The van der Waals surface area contributed by atoms with E-state index in [1.807, 2.05) is 0 Å². The topological polar surface area (TPSA) is 56.8 Å². The zero-order chi connectivity index (χ0) is 16.2. The molecule has 0 atom stereocenters. The zero-order valence-electron chi connectivity index (χ0n) is 12.0. The molecule has 0 fully saturated rings. The van der Waals surface area contributed by atoms with Gasteiger partial charge in [0.1, 0.15) is 24.8 Å². The standard InChI is InChI=1S/C16H13ClFNO4/c17-12-7-14-15(22-5-4-21-14)8-13(12)19-16(20)9-23-11-3-1-2-10(18)6-11/h1-3,6-8H,4-5,9H2,(H,19,20). The fourth-order valence-electron chi connectivity index (χ4n) is 2.05. The second kappa shape index (κ2) is 6.75. The van der Waals surface area contributed by atoms with Crippen LogP contribution in [0.4, 0.5) is 10.1 Å². The van der Waals surface area contributed by atoms with Gasteiger partial charge in [-0.15, -0.1) is 0 Å². The monoisotopic (exact) mass is 337 g/mol. The smallest absolute Gasteiger partial charge is 0.262 e. The van der Waals surface area contributed by atoms with E-state index in [-0.39, 0.29) is 12.4 Å². The molecule has 0 radical (unpaired) electrons. The summed E-state index contributed by atoms with van der Waals surface area (Å²) in [4.78, 5) is 11.9. The second-order valence-electron chi connectivity index (χ2n) is 4.77. The van der Waals surface area contributed by atoms with E-state index in [0.29, 0.717) is 35.4 Å². The van der Waals surface area contributed by atoms with Crippen LogP contribution in [-0.2, 0) is 4.79 Å². The lowest BCUT2D eigenvalue weighted by molar-refractivity contribution is -0.118. The summed E-state index contributed by atoms with van der Waals surface area (Å²) in [6.45, 7) is 0.620. The second-order valence-corrected chi connectivity index (χ2v) is 5.18. The SMILES string of the molecule is O=C(COc1cccc(F)c1)Nc1cc2c(cc1Cl)OCCO2. The highest BCUT2D eigenvalue weighted by molar-refractivity contribution is 6.34. The Morgan fingerprint density at radius 2 is 1.96 bits per heavy atom. The molecule has 0 spiro atoms. The summed E-state index contributed by atoms with van der Waals surface area (Å²) in [5.74, 6) is 0.469. The van der Waals surface area contributed by atoms with Gasteiger partial charge in [0.05, 0.1) is 10.7 Å². The average Bonchev–Trinajstić information content (AvgIpc) is 2.54. The lowest BCUT2D eigenvalue weighted by Gasteiger charge is -2.20. The van der Waals surface area contributed by atoms with Crippen LogP contribution in [0.25, 0.3) is 0 Å². The van der Waals surface area contributed by atoms with Crippen molar-refractivity contribution in [2.45, 2.75) is 0 Å². The van der Waals surface area contributed by atoms with Crippen molar-refractivity contribution in [3.63, 3.8) is 0 Å². The summed E-state index contributed by atoms with van der Waals surface area (Å²) in [6, 6.07) is 8.73. The van der Waals surface area contributed by atoms with Gasteiger partial charge in [-0.1, -0.05) is 17.7 Å². The van der Waals surface area contributed by atoms with E-state index < -0.39 is 11.7 Å². The molecule has 0 saturated carbocycles. The number of fused-ring (bicyclic) bond motifs is 1. The van der Waals surface area contributed by atoms with Gasteiger partial charge in [0, 0.05) is 18.2 Å². The third-order valence-corrected chi connectivity index (χ3v) is 3.38. The Morgan fingerprint density at radius 3 is 2.70 bits per heavy atom. The number of carbonyl (C=O) groups is 1. The summed E-state index contributed by atoms with van der Waals surface area (Å²) >= 11 is 6.10. The van der Waals surface area contributed by atoms with Gasteiger partial charge in [-0.25, -0.2) is 4.39 Å². The van der Waals surface area contributed by atoms with Crippen molar-refractivity contribution >= 4 is 23.2 Å². The molecule has 0 saturated heterocycles. The Labute approximate surface area is 136 Å². The van der Waals surface area contributed by atoms with Crippen molar-refractivity contribution in [1.29, 1.82) is 0 Å². The van der Waals surface area contributed by atoms with E-state index >= 15 is 0 Å². The number of carbonyl (C=O) groups excluding carboxylic acids is 1. The van der Waals surface area contributed by atoms with Gasteiger partial charge in [0.25, 0.3) is 5.91 Å². The molecule has 23 heavy (non-hydrogen) atoms. The van der Waals surface area contributed by atoms with Gasteiger partial charge in [0.15, 0.2) is 18.1 Å². The summed E-state index contributed by atoms with van der Waals surface area (Å²) in [6.07, 6.45) is 0. The van der Waals surface area contributed by atoms with Crippen LogP contribution in [0, 0.1) is 5.82 Å². The van der Waals surface area contributed by atoms with E-state index in [9.17, 15) is 9.18 Å². The number of hydrogen-bond donors (Lipinski definition) is 1. The minimum atomic E-state index is -0.433. The van der Waals surface area contributed by atoms with Gasteiger partial charge in [-0.3, -0.25) is 4.79 Å². The largest absolute Gasteiger partial charge is 0.486 e. The molecule has 3 rings (SSSR count). The van der Waals surface area contributed by atoms with Gasteiger partial charge in [-0.05, 0) is 12.1 Å². The molecule has 1 heterocycles. The number of anilines is 1. The van der Waals surface area contributed by atoms with Crippen LogP contribution in [0.5, 0.6) is 17.2 Å².